The van der Waals surface area contributed by atoms with Gasteiger partial charge in [0, 0.05) is 18.0 Å². The van der Waals surface area contributed by atoms with E-state index in [9.17, 15) is 32.4 Å². The van der Waals surface area contributed by atoms with Crippen LogP contribution in [0.5, 0.6) is 0 Å². The van der Waals surface area contributed by atoms with Gasteiger partial charge >= 0.3 is 12.2 Å². The molecule has 4 N–H and O–H groups in total. The van der Waals surface area contributed by atoms with Crippen LogP contribution in [0.25, 0.3) is 0 Å². The highest BCUT2D eigenvalue weighted by molar-refractivity contribution is 7.91. The fraction of sp³-hybridized carbons (Fsp3) is 0.618. The number of para-hydroxylation sites is 1. The van der Waals surface area contributed by atoms with Crippen LogP contribution in [0.2, 0.25) is 0 Å². The number of amides is 5. The van der Waals surface area contributed by atoms with Gasteiger partial charge in [0.2, 0.25) is 21.8 Å². The molecule has 5 unspecified atom stereocenters. The number of nitrogens with one attached hydrogen (secondary N) is 4. The number of benzene rings is 1. The van der Waals surface area contributed by atoms with E-state index in [1.54, 1.807) is 53.7 Å². The van der Waals surface area contributed by atoms with Gasteiger partial charge in [0.25, 0.3) is 5.91 Å². The number of likely N-dealkylation sites (tertiary alicyclic amines) is 1. The van der Waals surface area contributed by atoms with Crippen molar-refractivity contribution >= 4 is 45.6 Å². The summed E-state index contributed by atoms with van der Waals surface area (Å²) in [7, 11) is -3.91. The van der Waals surface area contributed by atoms with Gasteiger partial charge < -0.3 is 25.0 Å². The Hall–Kier alpha value is -4.14. The van der Waals surface area contributed by atoms with Gasteiger partial charge in [-0.25, -0.2) is 18.0 Å². The number of anilines is 1. The number of ether oxygens (including phenoxy) is 2. The normalized spacial score (nSPS) is 24.2. The Morgan fingerprint density at radius 2 is 1.71 bits per heavy atom. The fourth-order valence-corrected chi connectivity index (χ4v) is 7.24. The molecular formula is C34H49N5O9S. The van der Waals surface area contributed by atoms with E-state index in [0.29, 0.717) is 24.9 Å². The molecule has 4 rings (SSSR count). The van der Waals surface area contributed by atoms with Gasteiger partial charge in [-0.05, 0) is 63.5 Å². The molecule has 49 heavy (non-hydrogen) atoms. The molecule has 5 atom stereocenters. The molecule has 0 bridgehead atoms. The van der Waals surface area contributed by atoms with Gasteiger partial charge in [0.1, 0.15) is 29.3 Å². The van der Waals surface area contributed by atoms with Crippen LogP contribution < -0.4 is 20.7 Å². The van der Waals surface area contributed by atoms with E-state index in [-0.39, 0.29) is 19.4 Å². The lowest BCUT2D eigenvalue weighted by Gasteiger charge is -2.36. The number of nitrogens with zero attached hydrogens (tertiary/aromatic N) is 1. The van der Waals surface area contributed by atoms with Crippen molar-refractivity contribution in [3.8, 4) is 0 Å². The Balaban J connectivity index is 1.59. The van der Waals surface area contributed by atoms with Crippen molar-refractivity contribution in [3.63, 3.8) is 0 Å². The molecule has 3 aliphatic rings. The lowest BCUT2D eigenvalue weighted by Crippen LogP contribution is -2.60. The monoisotopic (exact) mass is 703 g/mol. The molecule has 1 saturated heterocycles. The second-order valence-corrected chi connectivity index (χ2v) is 17.0. The first kappa shape index (κ1) is 37.7. The fourth-order valence-electron chi connectivity index (χ4n) is 5.88. The van der Waals surface area contributed by atoms with Gasteiger partial charge in [-0.3, -0.25) is 24.4 Å². The Bertz CT molecular complexity index is 1600. The average molecular weight is 704 g/mol. The van der Waals surface area contributed by atoms with Gasteiger partial charge in [-0.1, -0.05) is 52.0 Å². The maximum Gasteiger partial charge on any atom is 0.411 e. The van der Waals surface area contributed by atoms with Crippen LogP contribution in [-0.2, 0) is 40.3 Å². The summed E-state index contributed by atoms with van der Waals surface area (Å²) in [6.45, 7) is 15.7. The number of alkyl carbamates (subject to hydrolysis) is 1. The summed E-state index contributed by atoms with van der Waals surface area (Å²) in [5, 5.41) is 7.41. The SMILES string of the molecule is C=CC1CC1(NC(=O)C1CC(OC(=O)Nc2ccccc2CC)CN1C(=O)C(NC(=O)OC(C)(C)C)C(C)(C)C)C(=O)NS(=O)(=O)C1CC1. The predicted molar refractivity (Wildman–Crippen MR) is 182 cm³/mol. The van der Waals surface area contributed by atoms with Crippen molar-refractivity contribution in [3.05, 3.63) is 42.5 Å². The average Bonchev–Trinajstić information content (AvgIpc) is 3.91. The van der Waals surface area contributed by atoms with Crippen LogP contribution in [0, 0.1) is 11.3 Å². The third-order valence-corrected chi connectivity index (χ3v) is 10.6. The quantitative estimate of drug-likeness (QED) is 0.251. The minimum atomic E-state index is -3.91. The van der Waals surface area contributed by atoms with Crippen molar-refractivity contribution in [1.82, 2.24) is 20.3 Å². The molecule has 1 heterocycles. The van der Waals surface area contributed by atoms with E-state index in [4.69, 9.17) is 9.47 Å². The molecule has 1 aromatic carbocycles. The minimum Gasteiger partial charge on any atom is -0.444 e. The molecule has 0 radical (unpaired) electrons. The van der Waals surface area contributed by atoms with E-state index >= 15 is 0 Å². The summed E-state index contributed by atoms with van der Waals surface area (Å²) in [5.74, 6) is -2.81. The van der Waals surface area contributed by atoms with Crippen LogP contribution in [0.4, 0.5) is 15.3 Å². The van der Waals surface area contributed by atoms with E-state index in [2.05, 4.69) is 27.3 Å². The summed E-state index contributed by atoms with van der Waals surface area (Å²) in [6, 6.07) is 4.81. The van der Waals surface area contributed by atoms with Crippen LogP contribution >= 0.6 is 0 Å². The topological polar surface area (TPSA) is 189 Å². The van der Waals surface area contributed by atoms with Crippen molar-refractivity contribution in [1.29, 1.82) is 0 Å². The predicted octanol–water partition coefficient (Wildman–Crippen LogP) is 3.38. The highest BCUT2D eigenvalue weighted by atomic mass is 32.2. The molecule has 1 aromatic rings. The Kier molecular flexibility index (Phi) is 10.8. The third kappa shape index (κ3) is 9.11. The maximum atomic E-state index is 14.3. The van der Waals surface area contributed by atoms with Crippen molar-refractivity contribution < 1.29 is 41.9 Å². The first-order valence-corrected chi connectivity index (χ1v) is 18.1. The number of rotatable bonds is 11. The zero-order valence-electron chi connectivity index (χ0n) is 29.3. The van der Waals surface area contributed by atoms with Gasteiger partial charge in [-0.2, -0.15) is 0 Å². The van der Waals surface area contributed by atoms with Crippen molar-refractivity contribution in [2.24, 2.45) is 11.3 Å². The van der Waals surface area contributed by atoms with Crippen LogP contribution in [0.15, 0.2) is 36.9 Å². The first-order valence-electron chi connectivity index (χ1n) is 16.6. The van der Waals surface area contributed by atoms with Crippen LogP contribution in [0.1, 0.15) is 79.7 Å². The highest BCUT2D eigenvalue weighted by Crippen LogP contribution is 2.45. The second kappa shape index (κ2) is 14.0. The molecule has 0 aromatic heterocycles. The summed E-state index contributed by atoms with van der Waals surface area (Å²) in [6.07, 6.45) is 0.437. The zero-order valence-corrected chi connectivity index (χ0v) is 30.1. The summed E-state index contributed by atoms with van der Waals surface area (Å²) >= 11 is 0. The molecule has 3 fully saturated rings. The molecule has 1 aliphatic heterocycles. The molecular weight excluding hydrogens is 654 g/mol. The second-order valence-electron chi connectivity index (χ2n) is 15.0. The smallest absolute Gasteiger partial charge is 0.411 e. The van der Waals surface area contributed by atoms with E-state index < -0.39 is 85.8 Å². The first-order chi connectivity index (χ1) is 22.7. The molecule has 15 heteroatoms. The summed E-state index contributed by atoms with van der Waals surface area (Å²) in [5.41, 5.74) is -1.84. The molecule has 0 spiro atoms. The van der Waals surface area contributed by atoms with Crippen LogP contribution in [-0.4, -0.2) is 84.3 Å². The molecule has 2 saturated carbocycles. The lowest BCUT2D eigenvalue weighted by molar-refractivity contribution is -0.143. The van der Waals surface area contributed by atoms with Gasteiger partial charge in [0.05, 0.1) is 11.8 Å². The van der Waals surface area contributed by atoms with E-state index in [1.165, 1.54) is 11.0 Å². The van der Waals surface area contributed by atoms with Gasteiger partial charge in [0.15, 0.2) is 0 Å². The number of sulfonamides is 1. The van der Waals surface area contributed by atoms with Crippen molar-refractivity contribution in [2.45, 2.75) is 115 Å². The number of carbonyl (C=O) groups excluding carboxylic acids is 5. The highest BCUT2D eigenvalue weighted by Gasteiger charge is 2.62. The Morgan fingerprint density at radius 3 is 2.27 bits per heavy atom. The van der Waals surface area contributed by atoms with Crippen molar-refractivity contribution in [2.75, 3.05) is 11.9 Å². The Labute approximate surface area is 288 Å². The zero-order chi connectivity index (χ0) is 36.5. The van der Waals surface area contributed by atoms with E-state index in [0.717, 1.165) is 5.56 Å². The summed E-state index contributed by atoms with van der Waals surface area (Å²) in [4.78, 5) is 68.7. The third-order valence-electron chi connectivity index (χ3n) is 8.78. The maximum absolute atomic E-state index is 14.3. The Morgan fingerprint density at radius 1 is 1.06 bits per heavy atom. The number of carbonyl (C=O) groups is 5. The number of hydrogen-bond donors (Lipinski definition) is 4. The van der Waals surface area contributed by atoms with Crippen LogP contribution in [0.3, 0.4) is 0 Å². The molecule has 270 valence electrons. The largest absolute Gasteiger partial charge is 0.444 e. The minimum absolute atomic E-state index is 0.110. The molecule has 2 aliphatic carbocycles. The number of hydrogen-bond acceptors (Lipinski definition) is 9. The molecule has 5 amide bonds. The summed E-state index contributed by atoms with van der Waals surface area (Å²) < 4.78 is 38.4. The number of aryl methyl sites for hydroxylation is 1. The standard InChI is InChI=1S/C34H49N5O9S/c1-9-20-13-11-12-14-24(20)35-30(43)47-22-17-25(39(19-22)28(41)26(32(3,4)5)36-31(44)48-33(6,7)8)27(40)37-34(18-21(34)10-2)29(42)38-49(45,46)23-15-16-23/h10-14,21-23,25-26H,2,9,15-19H2,1,3-8H3,(H,35,43)(H,36,44)(H,37,40)(H,38,42). The van der Waals surface area contributed by atoms with Gasteiger partial charge in [-0.15, -0.1) is 6.58 Å². The lowest BCUT2D eigenvalue weighted by atomic mass is 9.85. The molecule has 14 nitrogen and oxygen atoms in total. The van der Waals surface area contributed by atoms with E-state index in [1.807, 2.05) is 19.1 Å².